The fourth-order valence-electron chi connectivity index (χ4n) is 2.57. The van der Waals surface area contributed by atoms with Gasteiger partial charge in [-0.2, -0.15) is 0 Å². The van der Waals surface area contributed by atoms with Gasteiger partial charge in [0.2, 0.25) is 15.9 Å². The van der Waals surface area contributed by atoms with Crippen molar-refractivity contribution in [3.8, 4) is 0 Å². The molecule has 6 N–H and O–H groups in total. The third-order valence-corrected chi connectivity index (χ3v) is 5.19. The van der Waals surface area contributed by atoms with Crippen molar-refractivity contribution in [1.82, 2.24) is 10.6 Å². The highest BCUT2D eigenvalue weighted by Crippen LogP contribution is 2.13. The summed E-state index contributed by atoms with van der Waals surface area (Å²) in [5, 5.41) is 10.9. The van der Waals surface area contributed by atoms with Crippen LogP contribution in [0.4, 0.5) is 4.39 Å². The third kappa shape index (κ3) is 6.58. The summed E-state index contributed by atoms with van der Waals surface area (Å²) < 4.78 is 35.6. The Morgan fingerprint density at radius 3 is 2.21 bits per heavy atom. The highest BCUT2D eigenvalue weighted by molar-refractivity contribution is 7.89. The van der Waals surface area contributed by atoms with Crippen LogP contribution in [0.1, 0.15) is 25.0 Å². The fourth-order valence-corrected chi connectivity index (χ4v) is 3.09. The third-order valence-electron chi connectivity index (χ3n) is 4.26. The van der Waals surface area contributed by atoms with Crippen LogP contribution in [0.2, 0.25) is 0 Å². The minimum atomic E-state index is -3.77. The Labute approximate surface area is 170 Å². The van der Waals surface area contributed by atoms with Crippen LogP contribution in [0.5, 0.6) is 0 Å². The first kappa shape index (κ1) is 22.4. The molecule has 0 saturated carbocycles. The maximum Gasteiger partial charge on any atom is 0.243 e. The van der Waals surface area contributed by atoms with Crippen molar-refractivity contribution >= 4 is 21.6 Å². The summed E-state index contributed by atoms with van der Waals surface area (Å²) >= 11 is 0. The molecule has 0 aliphatic heterocycles. The van der Waals surface area contributed by atoms with E-state index in [1.54, 1.807) is 12.1 Å². The van der Waals surface area contributed by atoms with E-state index in [9.17, 15) is 17.6 Å². The van der Waals surface area contributed by atoms with Gasteiger partial charge < -0.3 is 16.4 Å². The lowest BCUT2D eigenvalue weighted by Crippen LogP contribution is -2.45. The number of hydrogen-bond acceptors (Lipinski definition) is 5. The van der Waals surface area contributed by atoms with Crippen LogP contribution in [0, 0.1) is 11.7 Å². The van der Waals surface area contributed by atoms with Crippen molar-refractivity contribution in [2.45, 2.75) is 31.3 Å². The number of hydrogen-bond donors (Lipinski definition) is 4. The van der Waals surface area contributed by atoms with Gasteiger partial charge in [-0.05, 0) is 41.3 Å². The van der Waals surface area contributed by atoms with Gasteiger partial charge in [-0.3, -0.25) is 4.79 Å². The maximum atomic E-state index is 13.0. The number of sulfonamides is 1. The standard InChI is InChI=1S/C20H25FN4O3S/c1-13(2)19(20(26)25-11-14-3-7-16(21)8-4-14)24-12-18(22)15-5-9-17(10-6-15)29(23,27)28/h3-10,12-13,19,24H,11,22H2,1-2H3,(H,25,26)(H2,23,27,28). The molecule has 0 aliphatic carbocycles. The van der Waals surface area contributed by atoms with Gasteiger partial charge in [-0.15, -0.1) is 0 Å². The van der Waals surface area contributed by atoms with Crippen molar-refractivity contribution in [3.63, 3.8) is 0 Å². The molecule has 0 bridgehead atoms. The summed E-state index contributed by atoms with van der Waals surface area (Å²) in [6, 6.07) is 11.1. The van der Waals surface area contributed by atoms with Crippen molar-refractivity contribution < 1.29 is 17.6 Å². The SMILES string of the molecule is CC(C)C(NC=C(N)c1ccc(S(N)(=O)=O)cc1)C(=O)NCc1ccc(F)cc1. The van der Waals surface area contributed by atoms with Gasteiger partial charge in [0.25, 0.3) is 0 Å². The van der Waals surface area contributed by atoms with Crippen molar-refractivity contribution in [2.24, 2.45) is 16.8 Å². The minimum absolute atomic E-state index is 0.0118. The van der Waals surface area contributed by atoms with E-state index in [1.165, 1.54) is 42.6 Å². The fraction of sp³-hybridized carbons (Fsp3) is 0.250. The Morgan fingerprint density at radius 2 is 1.69 bits per heavy atom. The van der Waals surface area contributed by atoms with Gasteiger partial charge in [0, 0.05) is 12.7 Å². The second kappa shape index (κ2) is 9.53. The van der Waals surface area contributed by atoms with E-state index in [-0.39, 0.29) is 29.1 Å². The van der Waals surface area contributed by atoms with E-state index in [2.05, 4.69) is 10.6 Å². The number of halogens is 1. The summed E-state index contributed by atoms with van der Waals surface area (Å²) in [4.78, 5) is 12.5. The largest absolute Gasteiger partial charge is 0.397 e. The van der Waals surface area contributed by atoms with Crippen molar-refractivity contribution in [1.29, 1.82) is 0 Å². The van der Waals surface area contributed by atoms with Crippen LogP contribution >= 0.6 is 0 Å². The van der Waals surface area contributed by atoms with Gasteiger partial charge in [-0.1, -0.05) is 38.1 Å². The molecule has 2 aromatic carbocycles. The summed E-state index contributed by atoms with van der Waals surface area (Å²) in [5.74, 6) is -0.588. The molecule has 156 valence electrons. The molecule has 0 fully saturated rings. The van der Waals surface area contributed by atoms with Crippen LogP contribution in [0.3, 0.4) is 0 Å². The summed E-state index contributed by atoms with van der Waals surface area (Å²) in [6.45, 7) is 4.05. The molecule has 1 atom stereocenters. The van der Waals surface area contributed by atoms with E-state index < -0.39 is 16.1 Å². The van der Waals surface area contributed by atoms with E-state index in [0.717, 1.165) is 5.56 Å². The molecule has 0 heterocycles. The van der Waals surface area contributed by atoms with Gasteiger partial charge in [0.1, 0.15) is 11.9 Å². The molecule has 1 unspecified atom stereocenters. The lowest BCUT2D eigenvalue weighted by Gasteiger charge is -2.21. The second-order valence-electron chi connectivity index (χ2n) is 6.90. The zero-order valence-electron chi connectivity index (χ0n) is 16.2. The zero-order chi connectivity index (χ0) is 21.6. The van der Waals surface area contributed by atoms with Crippen LogP contribution in [0.25, 0.3) is 5.70 Å². The average Bonchev–Trinajstić information content (AvgIpc) is 2.66. The molecule has 0 radical (unpaired) electrons. The molecule has 1 amide bonds. The molecule has 0 aliphatic rings. The van der Waals surface area contributed by atoms with Crippen LogP contribution in [0.15, 0.2) is 59.6 Å². The minimum Gasteiger partial charge on any atom is -0.397 e. The lowest BCUT2D eigenvalue weighted by molar-refractivity contribution is -0.124. The van der Waals surface area contributed by atoms with Crippen LogP contribution in [-0.2, 0) is 21.4 Å². The topological polar surface area (TPSA) is 127 Å². The predicted molar refractivity (Wildman–Crippen MR) is 110 cm³/mol. The molecular formula is C20H25FN4O3S. The van der Waals surface area contributed by atoms with E-state index in [0.29, 0.717) is 11.3 Å². The number of nitrogens with two attached hydrogens (primary N) is 2. The lowest BCUT2D eigenvalue weighted by atomic mass is 10.0. The van der Waals surface area contributed by atoms with Gasteiger partial charge >= 0.3 is 0 Å². The summed E-state index contributed by atoms with van der Waals surface area (Å²) in [6.07, 6.45) is 1.51. The molecule has 0 aromatic heterocycles. The molecule has 7 nitrogen and oxygen atoms in total. The van der Waals surface area contributed by atoms with Crippen molar-refractivity contribution in [2.75, 3.05) is 0 Å². The number of carbonyl (C=O) groups is 1. The van der Waals surface area contributed by atoms with Gasteiger partial charge in [0.15, 0.2) is 0 Å². The average molecular weight is 421 g/mol. The number of carbonyl (C=O) groups excluding carboxylic acids is 1. The predicted octanol–water partition coefficient (Wildman–Crippen LogP) is 1.66. The molecule has 0 saturated heterocycles. The van der Waals surface area contributed by atoms with E-state index >= 15 is 0 Å². The number of benzene rings is 2. The summed E-state index contributed by atoms with van der Waals surface area (Å²) in [7, 11) is -3.77. The monoisotopic (exact) mass is 420 g/mol. The Morgan fingerprint density at radius 1 is 1.10 bits per heavy atom. The first-order valence-corrected chi connectivity index (χ1v) is 10.5. The number of amides is 1. The highest BCUT2D eigenvalue weighted by Gasteiger charge is 2.20. The first-order chi connectivity index (χ1) is 13.6. The highest BCUT2D eigenvalue weighted by atomic mass is 32.2. The van der Waals surface area contributed by atoms with Gasteiger partial charge in [0.05, 0.1) is 10.6 Å². The zero-order valence-corrected chi connectivity index (χ0v) is 17.0. The number of rotatable bonds is 8. The summed E-state index contributed by atoms with van der Waals surface area (Å²) in [5.41, 5.74) is 7.74. The van der Waals surface area contributed by atoms with E-state index in [1.807, 2.05) is 13.8 Å². The normalized spacial score (nSPS) is 13.2. The molecule has 29 heavy (non-hydrogen) atoms. The number of primary sulfonamides is 1. The Hall–Kier alpha value is -2.91. The Bertz CT molecular complexity index is 972. The maximum absolute atomic E-state index is 13.0. The van der Waals surface area contributed by atoms with Crippen LogP contribution in [-0.4, -0.2) is 20.4 Å². The van der Waals surface area contributed by atoms with Crippen molar-refractivity contribution in [3.05, 3.63) is 71.7 Å². The smallest absolute Gasteiger partial charge is 0.243 e. The Balaban J connectivity index is 2.03. The molecule has 0 spiro atoms. The van der Waals surface area contributed by atoms with E-state index in [4.69, 9.17) is 10.9 Å². The second-order valence-corrected chi connectivity index (χ2v) is 8.46. The molecular weight excluding hydrogens is 395 g/mol. The Kier molecular flexibility index (Phi) is 7.35. The molecule has 2 rings (SSSR count). The van der Waals surface area contributed by atoms with Crippen LogP contribution < -0.4 is 21.5 Å². The molecule has 9 heteroatoms. The van der Waals surface area contributed by atoms with Gasteiger partial charge in [-0.25, -0.2) is 17.9 Å². The first-order valence-electron chi connectivity index (χ1n) is 8.95. The molecule has 2 aromatic rings. The number of nitrogens with one attached hydrogen (secondary N) is 2. The quantitative estimate of drug-likeness (QED) is 0.516.